The average Bonchev–Trinajstić information content (AvgIpc) is 2.35. The van der Waals surface area contributed by atoms with Gasteiger partial charge in [0, 0.05) is 24.3 Å². The minimum absolute atomic E-state index is 0.195. The van der Waals surface area contributed by atoms with Gasteiger partial charge in [0.05, 0.1) is 0 Å². The lowest BCUT2D eigenvalue weighted by molar-refractivity contribution is -0.274. The lowest BCUT2D eigenvalue weighted by Crippen LogP contribution is -2.42. The number of hydrogen-bond acceptors (Lipinski definition) is 3. The van der Waals surface area contributed by atoms with E-state index < -0.39 is 6.36 Å². The van der Waals surface area contributed by atoms with Crippen LogP contribution in [0, 0.1) is 0 Å². The molecule has 3 nitrogen and oxygen atoms in total. The number of hydrogen-bond donors (Lipinski definition) is 1. The highest BCUT2D eigenvalue weighted by atomic mass is 19.4. The summed E-state index contributed by atoms with van der Waals surface area (Å²) in [6.07, 6.45) is -2.59. The van der Waals surface area contributed by atoms with Crippen LogP contribution >= 0.6 is 0 Å². The van der Waals surface area contributed by atoms with Crippen molar-refractivity contribution in [2.75, 3.05) is 18.9 Å². The van der Waals surface area contributed by atoms with E-state index in [1.807, 2.05) is 0 Å². The fourth-order valence-corrected chi connectivity index (χ4v) is 2.41. The first-order valence-electron chi connectivity index (χ1n) is 6.66. The summed E-state index contributed by atoms with van der Waals surface area (Å²) in [5, 5.41) is 3.36. The fraction of sp³-hybridized carbons (Fsp3) is 0.571. The summed E-state index contributed by atoms with van der Waals surface area (Å²) in [5.41, 5.74) is 0.821. The molecule has 1 fully saturated rings. The highest BCUT2D eigenvalue weighted by Crippen LogP contribution is 2.25. The maximum Gasteiger partial charge on any atom is 0.573 e. The first-order valence-corrected chi connectivity index (χ1v) is 6.66. The Kier molecular flexibility index (Phi) is 4.42. The predicted molar refractivity (Wildman–Crippen MR) is 71.9 cm³/mol. The second-order valence-corrected chi connectivity index (χ2v) is 5.27. The van der Waals surface area contributed by atoms with Crippen molar-refractivity contribution in [3.05, 3.63) is 24.3 Å². The van der Waals surface area contributed by atoms with Crippen LogP contribution in [0.4, 0.5) is 18.9 Å². The molecule has 0 saturated carbocycles. The van der Waals surface area contributed by atoms with Gasteiger partial charge in [-0.3, -0.25) is 0 Å². The summed E-state index contributed by atoms with van der Waals surface area (Å²) in [6.45, 7) is 3.20. The Morgan fingerprint density at radius 1 is 1.25 bits per heavy atom. The van der Waals surface area contributed by atoms with Gasteiger partial charge < -0.3 is 15.0 Å². The maximum absolute atomic E-state index is 12.1. The molecule has 1 heterocycles. The van der Waals surface area contributed by atoms with Crippen molar-refractivity contribution < 1.29 is 17.9 Å². The van der Waals surface area contributed by atoms with Gasteiger partial charge in [0.25, 0.3) is 0 Å². The van der Waals surface area contributed by atoms with Gasteiger partial charge in [-0.05, 0) is 51.1 Å². The van der Waals surface area contributed by atoms with Gasteiger partial charge >= 0.3 is 6.36 Å². The molecule has 1 saturated heterocycles. The molecule has 0 radical (unpaired) electrons. The zero-order chi connectivity index (χ0) is 14.8. The van der Waals surface area contributed by atoms with E-state index in [1.54, 1.807) is 12.1 Å². The molecule has 1 N–H and O–H groups in total. The Balaban J connectivity index is 1.91. The Bertz CT molecular complexity index is 433. The van der Waals surface area contributed by atoms with Gasteiger partial charge in [-0.25, -0.2) is 0 Å². The van der Waals surface area contributed by atoms with Gasteiger partial charge in [0.15, 0.2) is 0 Å². The molecular weight excluding hydrogens is 269 g/mol. The van der Waals surface area contributed by atoms with E-state index >= 15 is 0 Å². The molecule has 0 spiro atoms. The first-order chi connectivity index (χ1) is 9.33. The number of likely N-dealkylation sites (tertiary alicyclic amines) is 1. The summed E-state index contributed by atoms with van der Waals surface area (Å²) in [6, 6.07) is 6.75. The molecule has 0 bridgehead atoms. The van der Waals surface area contributed by atoms with Crippen LogP contribution in [0.3, 0.4) is 0 Å². The molecule has 20 heavy (non-hydrogen) atoms. The molecule has 2 rings (SSSR count). The Morgan fingerprint density at radius 2 is 1.90 bits per heavy atom. The lowest BCUT2D eigenvalue weighted by Gasteiger charge is -2.35. The lowest BCUT2D eigenvalue weighted by atomic mass is 9.99. The summed E-state index contributed by atoms with van der Waals surface area (Å²) in [7, 11) is 2.10. The Morgan fingerprint density at radius 3 is 2.45 bits per heavy atom. The summed E-state index contributed by atoms with van der Waals surface area (Å²) in [4.78, 5) is 2.30. The van der Waals surface area contributed by atoms with Crippen LogP contribution in [0.15, 0.2) is 24.3 Å². The smallest absolute Gasteiger partial charge is 0.406 e. The van der Waals surface area contributed by atoms with Gasteiger partial charge in [-0.1, -0.05) is 0 Å². The third kappa shape index (κ3) is 4.30. The summed E-state index contributed by atoms with van der Waals surface area (Å²) >= 11 is 0. The number of piperidine rings is 1. The number of anilines is 1. The molecule has 112 valence electrons. The molecule has 0 aliphatic carbocycles. The quantitative estimate of drug-likeness (QED) is 0.921. The molecule has 1 aromatic rings. The van der Waals surface area contributed by atoms with Crippen LogP contribution < -0.4 is 10.1 Å². The predicted octanol–water partition coefficient (Wildman–Crippen LogP) is 3.48. The zero-order valence-corrected chi connectivity index (χ0v) is 11.6. The van der Waals surface area contributed by atoms with E-state index in [0.29, 0.717) is 12.1 Å². The average molecular weight is 288 g/mol. The van der Waals surface area contributed by atoms with Gasteiger partial charge in [-0.2, -0.15) is 0 Å². The van der Waals surface area contributed by atoms with Crippen molar-refractivity contribution >= 4 is 5.69 Å². The van der Waals surface area contributed by atoms with Crippen molar-refractivity contribution in [3.8, 4) is 5.75 Å². The normalized spacial score (nSPS) is 24.4. The van der Waals surface area contributed by atoms with Crippen molar-refractivity contribution in [2.45, 2.75) is 38.2 Å². The monoisotopic (exact) mass is 288 g/mol. The minimum atomic E-state index is -4.64. The standard InChI is InChI=1S/C14H19F3N2O/c1-10-9-12(7-8-19(10)2)18-11-3-5-13(6-4-11)20-14(15,16)17/h3-6,10,12,18H,7-9H2,1-2H3. The van der Waals surface area contributed by atoms with Gasteiger partial charge in [0.2, 0.25) is 0 Å². The zero-order valence-electron chi connectivity index (χ0n) is 11.6. The minimum Gasteiger partial charge on any atom is -0.406 e. The largest absolute Gasteiger partial charge is 0.573 e. The molecular formula is C14H19F3N2O. The third-order valence-corrected chi connectivity index (χ3v) is 3.67. The van der Waals surface area contributed by atoms with Crippen molar-refractivity contribution in [1.82, 2.24) is 4.90 Å². The molecule has 2 atom stereocenters. The first kappa shape index (κ1) is 15.0. The van der Waals surface area contributed by atoms with Crippen molar-refractivity contribution in [3.63, 3.8) is 0 Å². The van der Waals surface area contributed by atoms with Gasteiger partial charge in [0.1, 0.15) is 5.75 Å². The number of nitrogens with zero attached hydrogens (tertiary/aromatic N) is 1. The molecule has 0 aromatic heterocycles. The van der Waals surface area contributed by atoms with Crippen LogP contribution in [-0.4, -0.2) is 36.9 Å². The van der Waals surface area contributed by atoms with E-state index in [2.05, 4.69) is 28.9 Å². The number of rotatable bonds is 3. The number of halogens is 3. The molecule has 2 unspecified atom stereocenters. The van der Waals surface area contributed by atoms with Crippen LogP contribution in [0.5, 0.6) is 5.75 Å². The van der Waals surface area contributed by atoms with Gasteiger partial charge in [-0.15, -0.1) is 13.2 Å². The summed E-state index contributed by atoms with van der Waals surface area (Å²) < 4.78 is 40.0. The maximum atomic E-state index is 12.1. The van der Waals surface area contributed by atoms with E-state index in [-0.39, 0.29) is 5.75 Å². The van der Waals surface area contributed by atoms with Crippen LogP contribution in [0.2, 0.25) is 0 Å². The number of nitrogens with one attached hydrogen (secondary N) is 1. The Labute approximate surface area is 116 Å². The van der Waals surface area contributed by atoms with E-state index in [0.717, 1.165) is 25.1 Å². The third-order valence-electron chi connectivity index (χ3n) is 3.67. The molecule has 1 aliphatic heterocycles. The SMILES string of the molecule is CC1CC(Nc2ccc(OC(F)(F)F)cc2)CCN1C. The highest BCUT2D eigenvalue weighted by Gasteiger charge is 2.31. The van der Waals surface area contributed by atoms with Crippen molar-refractivity contribution in [2.24, 2.45) is 0 Å². The van der Waals surface area contributed by atoms with Crippen molar-refractivity contribution in [1.29, 1.82) is 0 Å². The summed E-state index contributed by atoms with van der Waals surface area (Å²) in [5.74, 6) is -0.195. The highest BCUT2D eigenvalue weighted by molar-refractivity contribution is 5.47. The second-order valence-electron chi connectivity index (χ2n) is 5.27. The second kappa shape index (κ2) is 5.91. The number of benzene rings is 1. The van der Waals surface area contributed by atoms with E-state index in [9.17, 15) is 13.2 Å². The van der Waals surface area contributed by atoms with E-state index in [4.69, 9.17) is 0 Å². The van der Waals surface area contributed by atoms with Crippen LogP contribution in [-0.2, 0) is 0 Å². The molecule has 1 aromatic carbocycles. The topological polar surface area (TPSA) is 24.5 Å². The fourth-order valence-electron chi connectivity index (χ4n) is 2.41. The molecule has 0 amide bonds. The van der Waals surface area contributed by atoms with Crippen LogP contribution in [0.1, 0.15) is 19.8 Å². The van der Waals surface area contributed by atoms with Crippen LogP contribution in [0.25, 0.3) is 0 Å². The number of alkyl halides is 3. The Hall–Kier alpha value is -1.43. The van der Waals surface area contributed by atoms with E-state index in [1.165, 1.54) is 12.1 Å². The molecule has 1 aliphatic rings. The molecule has 6 heteroatoms. The number of ether oxygens (including phenoxy) is 1.